The molecular weight excluding hydrogens is 333 g/mol. The number of hydrogen-bond donors (Lipinski definition) is 1. The van der Waals surface area contributed by atoms with Crippen LogP contribution in [-0.2, 0) is 10.0 Å². The predicted molar refractivity (Wildman–Crippen MR) is 69.2 cm³/mol. The van der Waals surface area contributed by atoms with Crippen molar-refractivity contribution in [2.75, 3.05) is 12.4 Å². The van der Waals surface area contributed by atoms with Crippen LogP contribution < -0.4 is 4.72 Å². The lowest BCUT2D eigenvalue weighted by molar-refractivity contribution is 0.544. The fraction of sp³-hybridized carbons (Fsp3) is 0.400. The summed E-state index contributed by atoms with van der Waals surface area (Å²) in [4.78, 5) is -0.359. The highest BCUT2D eigenvalue weighted by Crippen LogP contribution is 2.19. The Balaban J connectivity index is 2.90. The Kier molecular flexibility index (Phi) is 5.37. The van der Waals surface area contributed by atoms with E-state index in [2.05, 4.69) is 20.7 Å². The Morgan fingerprint density at radius 1 is 1.53 bits per heavy atom. The standard InChI is InChI=1S/C10H12BrClFNO2S/c1-7(5-12)6-14-17(15,16)10-3-2-8(11)4-9(10)13/h2-4,7,14H,5-6H2,1H3. The summed E-state index contributed by atoms with van der Waals surface area (Å²) in [6, 6.07) is 3.80. The first-order valence-electron chi connectivity index (χ1n) is 4.87. The molecular formula is C10H12BrClFNO2S. The van der Waals surface area contributed by atoms with E-state index in [9.17, 15) is 12.8 Å². The summed E-state index contributed by atoms with van der Waals surface area (Å²) in [5.74, 6) is -0.457. The van der Waals surface area contributed by atoms with Gasteiger partial charge in [0.05, 0.1) is 0 Å². The van der Waals surface area contributed by atoms with Crippen molar-refractivity contribution in [3.8, 4) is 0 Å². The molecule has 1 atom stereocenters. The smallest absolute Gasteiger partial charge is 0.211 e. The van der Waals surface area contributed by atoms with Crippen molar-refractivity contribution < 1.29 is 12.8 Å². The Morgan fingerprint density at radius 2 is 2.18 bits per heavy atom. The third-order valence-corrected chi connectivity index (χ3v) is 4.55. The molecule has 0 amide bonds. The van der Waals surface area contributed by atoms with Gasteiger partial charge in [0.1, 0.15) is 10.7 Å². The molecule has 1 aromatic carbocycles. The Labute approximate surface area is 114 Å². The van der Waals surface area contributed by atoms with Gasteiger partial charge in [0.25, 0.3) is 0 Å². The largest absolute Gasteiger partial charge is 0.243 e. The quantitative estimate of drug-likeness (QED) is 0.835. The first-order chi connectivity index (χ1) is 7.86. The van der Waals surface area contributed by atoms with Crippen molar-refractivity contribution in [3.05, 3.63) is 28.5 Å². The van der Waals surface area contributed by atoms with Crippen molar-refractivity contribution in [1.82, 2.24) is 4.72 Å². The second-order valence-corrected chi connectivity index (χ2v) is 6.65. The minimum Gasteiger partial charge on any atom is -0.211 e. The predicted octanol–water partition coefficient (Wildman–Crippen LogP) is 2.74. The molecule has 0 bridgehead atoms. The molecule has 1 unspecified atom stereocenters. The van der Waals surface area contributed by atoms with Crippen LogP contribution in [0.15, 0.2) is 27.6 Å². The molecule has 0 aliphatic carbocycles. The zero-order valence-electron chi connectivity index (χ0n) is 9.08. The number of sulfonamides is 1. The van der Waals surface area contributed by atoms with Crippen molar-refractivity contribution in [3.63, 3.8) is 0 Å². The van der Waals surface area contributed by atoms with Gasteiger partial charge in [-0.05, 0) is 24.1 Å². The van der Waals surface area contributed by atoms with Gasteiger partial charge in [0, 0.05) is 16.9 Å². The molecule has 3 nitrogen and oxygen atoms in total. The molecule has 0 aliphatic rings. The van der Waals surface area contributed by atoms with Gasteiger partial charge in [0.2, 0.25) is 10.0 Å². The lowest BCUT2D eigenvalue weighted by atomic mass is 10.2. The minimum atomic E-state index is -3.82. The van der Waals surface area contributed by atoms with Crippen LogP contribution in [-0.4, -0.2) is 20.8 Å². The molecule has 0 heterocycles. The molecule has 0 fully saturated rings. The van der Waals surface area contributed by atoms with E-state index in [-0.39, 0.29) is 17.4 Å². The number of rotatable bonds is 5. The summed E-state index contributed by atoms with van der Waals surface area (Å²) < 4.78 is 39.8. The van der Waals surface area contributed by atoms with Crippen LogP contribution in [0.3, 0.4) is 0 Å². The van der Waals surface area contributed by atoms with Crippen molar-refractivity contribution in [1.29, 1.82) is 0 Å². The van der Waals surface area contributed by atoms with E-state index in [1.165, 1.54) is 12.1 Å². The van der Waals surface area contributed by atoms with Gasteiger partial charge in [-0.3, -0.25) is 0 Å². The van der Waals surface area contributed by atoms with Crippen molar-refractivity contribution in [2.45, 2.75) is 11.8 Å². The van der Waals surface area contributed by atoms with Crippen LogP contribution in [0.1, 0.15) is 6.92 Å². The van der Waals surface area contributed by atoms with Crippen molar-refractivity contribution >= 4 is 37.6 Å². The second kappa shape index (κ2) is 6.13. The number of hydrogen-bond acceptors (Lipinski definition) is 2. The highest BCUT2D eigenvalue weighted by Gasteiger charge is 2.19. The van der Waals surface area contributed by atoms with Gasteiger partial charge in [-0.15, -0.1) is 11.6 Å². The van der Waals surface area contributed by atoms with Crippen LogP contribution >= 0.6 is 27.5 Å². The molecule has 0 aromatic heterocycles. The first-order valence-corrected chi connectivity index (χ1v) is 7.68. The molecule has 1 N–H and O–H groups in total. The normalized spacial score (nSPS) is 13.6. The zero-order valence-corrected chi connectivity index (χ0v) is 12.2. The lowest BCUT2D eigenvalue weighted by Crippen LogP contribution is -2.29. The number of halogens is 3. The Hall–Kier alpha value is -0.170. The lowest BCUT2D eigenvalue weighted by Gasteiger charge is -2.10. The van der Waals surface area contributed by atoms with Crippen LogP contribution in [0.4, 0.5) is 4.39 Å². The van der Waals surface area contributed by atoms with Crippen LogP contribution in [0, 0.1) is 11.7 Å². The summed E-state index contributed by atoms with van der Waals surface area (Å²) in [5, 5.41) is 0. The molecule has 1 rings (SSSR count). The van der Waals surface area contributed by atoms with Gasteiger partial charge in [0.15, 0.2) is 0 Å². The van der Waals surface area contributed by atoms with E-state index >= 15 is 0 Å². The molecule has 1 aromatic rings. The third kappa shape index (κ3) is 4.21. The molecule has 0 aliphatic heterocycles. The fourth-order valence-corrected chi connectivity index (χ4v) is 2.74. The molecule has 7 heteroatoms. The van der Waals surface area contributed by atoms with E-state index in [1.807, 2.05) is 0 Å². The summed E-state index contributed by atoms with van der Waals surface area (Å²) in [5.41, 5.74) is 0. The molecule has 17 heavy (non-hydrogen) atoms. The SMILES string of the molecule is CC(CCl)CNS(=O)(=O)c1ccc(Br)cc1F. The molecule has 96 valence electrons. The van der Waals surface area contributed by atoms with Gasteiger partial charge in [-0.2, -0.15) is 0 Å². The Morgan fingerprint density at radius 3 is 2.71 bits per heavy atom. The zero-order chi connectivity index (χ0) is 13.1. The van der Waals surface area contributed by atoms with Gasteiger partial charge < -0.3 is 0 Å². The van der Waals surface area contributed by atoms with Crippen LogP contribution in [0.2, 0.25) is 0 Å². The van der Waals surface area contributed by atoms with Gasteiger partial charge in [-0.25, -0.2) is 17.5 Å². The van der Waals surface area contributed by atoms with Crippen molar-refractivity contribution in [2.24, 2.45) is 5.92 Å². The molecule has 0 spiro atoms. The van der Waals surface area contributed by atoms with E-state index in [0.29, 0.717) is 10.4 Å². The monoisotopic (exact) mass is 343 g/mol. The Bertz CT molecular complexity index is 495. The van der Waals surface area contributed by atoms with E-state index in [1.54, 1.807) is 6.92 Å². The number of benzene rings is 1. The minimum absolute atomic E-state index is 0.00930. The second-order valence-electron chi connectivity index (χ2n) is 3.69. The summed E-state index contributed by atoms with van der Waals surface area (Å²) in [6.07, 6.45) is 0. The average molecular weight is 345 g/mol. The average Bonchev–Trinajstić information content (AvgIpc) is 2.25. The number of alkyl halides is 1. The van der Waals surface area contributed by atoms with Gasteiger partial charge >= 0.3 is 0 Å². The van der Waals surface area contributed by atoms with Crippen LogP contribution in [0.25, 0.3) is 0 Å². The highest BCUT2D eigenvalue weighted by atomic mass is 79.9. The molecule has 0 radical (unpaired) electrons. The summed E-state index contributed by atoms with van der Waals surface area (Å²) in [6.45, 7) is 1.98. The first kappa shape index (κ1) is 14.9. The molecule has 0 saturated carbocycles. The fourth-order valence-electron chi connectivity index (χ4n) is 1.08. The highest BCUT2D eigenvalue weighted by molar-refractivity contribution is 9.10. The maximum absolute atomic E-state index is 13.5. The topological polar surface area (TPSA) is 46.2 Å². The van der Waals surface area contributed by atoms with Crippen LogP contribution in [0.5, 0.6) is 0 Å². The van der Waals surface area contributed by atoms with E-state index < -0.39 is 15.8 Å². The summed E-state index contributed by atoms with van der Waals surface area (Å²) in [7, 11) is -3.82. The summed E-state index contributed by atoms with van der Waals surface area (Å²) >= 11 is 8.63. The molecule has 0 saturated heterocycles. The maximum Gasteiger partial charge on any atom is 0.243 e. The third-order valence-electron chi connectivity index (χ3n) is 2.07. The van der Waals surface area contributed by atoms with E-state index in [4.69, 9.17) is 11.6 Å². The number of nitrogens with one attached hydrogen (secondary N) is 1. The maximum atomic E-state index is 13.5. The van der Waals surface area contributed by atoms with E-state index in [0.717, 1.165) is 6.07 Å². The van der Waals surface area contributed by atoms with Gasteiger partial charge in [-0.1, -0.05) is 22.9 Å².